The lowest BCUT2D eigenvalue weighted by Crippen LogP contribution is -2.30. The van der Waals surface area contributed by atoms with Crippen LogP contribution in [0.2, 0.25) is 0 Å². The van der Waals surface area contributed by atoms with Crippen LogP contribution in [0.3, 0.4) is 0 Å². The van der Waals surface area contributed by atoms with Crippen molar-refractivity contribution in [1.29, 1.82) is 0 Å². The van der Waals surface area contributed by atoms with Gasteiger partial charge in [-0.05, 0) is 39.0 Å². The Morgan fingerprint density at radius 3 is 2.54 bits per heavy atom. The zero-order valence-electron chi connectivity index (χ0n) is 14.7. The number of carbonyl (C=O) groups excluding carboxylic acids is 2. The van der Waals surface area contributed by atoms with Gasteiger partial charge in [-0.15, -0.1) is 11.3 Å². The predicted molar refractivity (Wildman–Crippen MR) is 96.9 cm³/mol. The number of carbonyl (C=O) groups is 2. The van der Waals surface area contributed by atoms with Gasteiger partial charge >= 0.3 is 5.97 Å². The molecular weight excluding hydrogens is 360 g/mol. The topological polar surface area (TPSA) is 108 Å². The van der Waals surface area contributed by atoms with Gasteiger partial charge in [-0.3, -0.25) is 14.9 Å². The summed E-state index contributed by atoms with van der Waals surface area (Å²) in [7, 11) is 1.27. The van der Waals surface area contributed by atoms with Crippen LogP contribution in [0.15, 0.2) is 24.3 Å². The zero-order chi connectivity index (χ0) is 19.4. The van der Waals surface area contributed by atoms with Crippen molar-refractivity contribution in [2.75, 3.05) is 12.4 Å². The molecule has 9 heteroatoms. The quantitative estimate of drug-likeness (QED) is 0.468. The molecule has 0 aliphatic carbocycles. The number of hydrogen-bond donors (Lipinski definition) is 1. The third-order valence-corrected chi connectivity index (χ3v) is 4.51. The van der Waals surface area contributed by atoms with Crippen molar-refractivity contribution in [2.45, 2.75) is 26.9 Å². The second-order valence-corrected chi connectivity index (χ2v) is 6.80. The van der Waals surface area contributed by atoms with Crippen LogP contribution in [0, 0.1) is 24.0 Å². The number of ether oxygens (including phenoxy) is 2. The number of anilines is 1. The van der Waals surface area contributed by atoms with E-state index >= 15 is 0 Å². The minimum atomic E-state index is -0.872. The number of methoxy groups -OCH3 is 1. The molecule has 2 aromatic rings. The molecule has 1 aromatic carbocycles. The van der Waals surface area contributed by atoms with Crippen molar-refractivity contribution in [3.63, 3.8) is 0 Å². The summed E-state index contributed by atoms with van der Waals surface area (Å²) < 4.78 is 10.3. The van der Waals surface area contributed by atoms with Crippen LogP contribution in [0.25, 0.3) is 0 Å². The Kier molecular flexibility index (Phi) is 5.93. The number of aryl methyl sites for hydroxylation is 2. The van der Waals surface area contributed by atoms with E-state index < -0.39 is 22.9 Å². The number of nitrogens with zero attached hydrogens (tertiary/aromatic N) is 1. The fourth-order valence-corrected chi connectivity index (χ4v) is 3.15. The summed E-state index contributed by atoms with van der Waals surface area (Å²) in [4.78, 5) is 35.3. The first kappa shape index (κ1) is 19.4. The maximum absolute atomic E-state index is 12.4. The molecule has 1 amide bonds. The van der Waals surface area contributed by atoms with E-state index in [1.54, 1.807) is 19.9 Å². The molecule has 0 aliphatic heterocycles. The third-order valence-electron chi connectivity index (χ3n) is 3.54. The number of benzene rings is 1. The molecule has 1 N–H and O–H groups in total. The van der Waals surface area contributed by atoms with Crippen molar-refractivity contribution >= 4 is 33.9 Å². The van der Waals surface area contributed by atoms with E-state index in [0.717, 1.165) is 4.88 Å². The molecule has 0 radical (unpaired) electrons. The fourth-order valence-electron chi connectivity index (χ4n) is 2.25. The Bertz CT molecular complexity index is 861. The van der Waals surface area contributed by atoms with Gasteiger partial charge in [0.1, 0.15) is 10.8 Å². The summed E-state index contributed by atoms with van der Waals surface area (Å²) in [6, 6.07) is 5.89. The molecule has 138 valence electrons. The van der Waals surface area contributed by atoms with E-state index in [-0.39, 0.29) is 11.3 Å². The standard InChI is InChI=1S/C17H18N2O6S/c1-9-7-12(5-6-14(9)19(22)23)25-11(3)15(20)18-16-13(17(21)24-4)8-10(2)26-16/h5-8,11H,1-4H3,(H,18,20)/t11-/m1/s1. The number of amides is 1. The van der Waals surface area contributed by atoms with Gasteiger partial charge in [-0.25, -0.2) is 4.79 Å². The van der Waals surface area contributed by atoms with Gasteiger partial charge in [0.2, 0.25) is 0 Å². The highest BCUT2D eigenvalue weighted by Gasteiger charge is 2.21. The molecule has 0 saturated heterocycles. The predicted octanol–water partition coefficient (Wildman–Crippen LogP) is 3.47. The monoisotopic (exact) mass is 378 g/mol. The van der Waals surface area contributed by atoms with Crippen molar-refractivity contribution in [3.05, 3.63) is 50.4 Å². The third kappa shape index (κ3) is 4.37. The smallest absolute Gasteiger partial charge is 0.340 e. The Morgan fingerprint density at radius 1 is 1.27 bits per heavy atom. The molecule has 0 saturated carbocycles. The van der Waals surface area contributed by atoms with Crippen LogP contribution in [-0.2, 0) is 9.53 Å². The molecule has 0 unspecified atom stereocenters. The van der Waals surface area contributed by atoms with Gasteiger partial charge in [0, 0.05) is 16.5 Å². The fraction of sp³-hybridized carbons (Fsp3) is 0.294. The van der Waals surface area contributed by atoms with Crippen LogP contribution >= 0.6 is 11.3 Å². The lowest BCUT2D eigenvalue weighted by Gasteiger charge is -2.15. The van der Waals surface area contributed by atoms with Crippen molar-refractivity contribution in [3.8, 4) is 5.75 Å². The van der Waals surface area contributed by atoms with Gasteiger partial charge < -0.3 is 14.8 Å². The van der Waals surface area contributed by atoms with Crippen LogP contribution in [0.5, 0.6) is 5.75 Å². The molecule has 1 atom stereocenters. The summed E-state index contributed by atoms with van der Waals surface area (Å²) >= 11 is 1.25. The van der Waals surface area contributed by atoms with Crippen molar-refractivity contribution in [1.82, 2.24) is 0 Å². The average molecular weight is 378 g/mol. The van der Waals surface area contributed by atoms with Gasteiger partial charge in [0.25, 0.3) is 11.6 Å². The molecule has 1 heterocycles. The van der Waals surface area contributed by atoms with E-state index in [4.69, 9.17) is 9.47 Å². The molecule has 8 nitrogen and oxygen atoms in total. The van der Waals surface area contributed by atoms with Crippen LogP contribution in [0.4, 0.5) is 10.7 Å². The van der Waals surface area contributed by atoms with Crippen molar-refractivity contribution in [2.24, 2.45) is 0 Å². The minimum absolute atomic E-state index is 0.0220. The van der Waals surface area contributed by atoms with E-state index in [1.165, 1.54) is 36.6 Å². The Labute approximate surface area is 153 Å². The van der Waals surface area contributed by atoms with Crippen LogP contribution in [-0.4, -0.2) is 30.0 Å². The number of hydrogen-bond acceptors (Lipinski definition) is 7. The zero-order valence-corrected chi connectivity index (χ0v) is 15.5. The summed E-state index contributed by atoms with van der Waals surface area (Å²) in [5.74, 6) is -0.650. The Hall–Kier alpha value is -2.94. The van der Waals surface area contributed by atoms with E-state index in [0.29, 0.717) is 16.3 Å². The lowest BCUT2D eigenvalue weighted by molar-refractivity contribution is -0.385. The van der Waals surface area contributed by atoms with E-state index in [2.05, 4.69) is 5.32 Å². The molecule has 0 bridgehead atoms. The number of esters is 1. The highest BCUT2D eigenvalue weighted by Crippen LogP contribution is 2.29. The molecule has 0 aliphatic rings. The second kappa shape index (κ2) is 7.96. The lowest BCUT2D eigenvalue weighted by atomic mass is 10.2. The first-order valence-corrected chi connectivity index (χ1v) is 8.46. The van der Waals surface area contributed by atoms with Gasteiger partial charge in [-0.1, -0.05) is 0 Å². The largest absolute Gasteiger partial charge is 0.481 e. The molecule has 0 fully saturated rings. The first-order valence-electron chi connectivity index (χ1n) is 7.64. The summed E-state index contributed by atoms with van der Waals surface area (Å²) in [5, 5.41) is 13.9. The molecule has 26 heavy (non-hydrogen) atoms. The highest BCUT2D eigenvalue weighted by molar-refractivity contribution is 7.16. The van der Waals surface area contributed by atoms with Gasteiger partial charge in [0.15, 0.2) is 6.10 Å². The molecule has 0 spiro atoms. The Balaban J connectivity index is 2.10. The average Bonchev–Trinajstić information content (AvgIpc) is 2.94. The summed E-state index contributed by atoms with van der Waals surface area (Å²) in [5.41, 5.74) is 0.690. The number of nitro benzene ring substituents is 1. The maximum atomic E-state index is 12.4. The first-order chi connectivity index (χ1) is 12.2. The van der Waals surface area contributed by atoms with Gasteiger partial charge in [-0.2, -0.15) is 0 Å². The van der Waals surface area contributed by atoms with Crippen molar-refractivity contribution < 1.29 is 24.0 Å². The second-order valence-electron chi connectivity index (χ2n) is 5.55. The normalized spacial score (nSPS) is 11.5. The number of thiophene rings is 1. The van der Waals surface area contributed by atoms with Crippen LogP contribution < -0.4 is 10.1 Å². The SMILES string of the molecule is COC(=O)c1cc(C)sc1NC(=O)[C@@H](C)Oc1ccc([N+](=O)[O-])c(C)c1. The number of nitro groups is 1. The van der Waals surface area contributed by atoms with Gasteiger partial charge in [0.05, 0.1) is 17.6 Å². The highest BCUT2D eigenvalue weighted by atomic mass is 32.1. The molecular formula is C17H18N2O6S. The number of nitrogens with one attached hydrogen (secondary N) is 1. The molecule has 2 rings (SSSR count). The molecule has 1 aromatic heterocycles. The Morgan fingerprint density at radius 2 is 1.96 bits per heavy atom. The summed E-state index contributed by atoms with van der Waals surface area (Å²) in [6.45, 7) is 4.95. The summed E-state index contributed by atoms with van der Waals surface area (Å²) in [6.07, 6.45) is -0.872. The number of rotatable bonds is 6. The maximum Gasteiger partial charge on any atom is 0.340 e. The van der Waals surface area contributed by atoms with E-state index in [9.17, 15) is 19.7 Å². The van der Waals surface area contributed by atoms with Crippen LogP contribution in [0.1, 0.15) is 27.7 Å². The van der Waals surface area contributed by atoms with E-state index in [1.807, 2.05) is 6.92 Å². The minimum Gasteiger partial charge on any atom is -0.481 e.